The lowest BCUT2D eigenvalue weighted by Crippen LogP contribution is -2.34. The van der Waals surface area contributed by atoms with Gasteiger partial charge < -0.3 is 10.1 Å². The van der Waals surface area contributed by atoms with Gasteiger partial charge in [-0.3, -0.25) is 10.1 Å². The maximum atomic E-state index is 12.6. The molecule has 2 N–H and O–H groups in total. The standard InChI is InChI=1S/C27H30N2O2S/c1-27(2,3)22-17-15-21(16-18-22)25(30)29-26(32)28-23-13-7-8-14-24(23)31-19-9-12-20-10-5-4-6-11-20/h4-8,10-11,13-18H,9,12,19H2,1-3H3,(H2,28,29,30,32). The van der Waals surface area contributed by atoms with Gasteiger partial charge in [-0.1, -0.05) is 75.4 Å². The number of aryl methyl sites for hydroxylation is 1. The fourth-order valence-electron chi connectivity index (χ4n) is 3.25. The van der Waals surface area contributed by atoms with Crippen LogP contribution in [0.25, 0.3) is 0 Å². The van der Waals surface area contributed by atoms with Crippen LogP contribution in [0.5, 0.6) is 5.75 Å². The number of carbonyl (C=O) groups is 1. The quantitative estimate of drug-likeness (QED) is 0.339. The number of benzene rings is 3. The Morgan fingerprint density at radius 1 is 0.906 bits per heavy atom. The summed E-state index contributed by atoms with van der Waals surface area (Å²) >= 11 is 5.36. The number of rotatable bonds is 7. The molecule has 0 saturated heterocycles. The molecule has 0 aliphatic heterocycles. The third kappa shape index (κ3) is 6.92. The van der Waals surface area contributed by atoms with Gasteiger partial charge in [-0.15, -0.1) is 0 Å². The summed E-state index contributed by atoms with van der Waals surface area (Å²) in [5, 5.41) is 6.06. The van der Waals surface area contributed by atoms with Crippen molar-refractivity contribution in [2.75, 3.05) is 11.9 Å². The van der Waals surface area contributed by atoms with E-state index in [0.29, 0.717) is 17.9 Å². The minimum atomic E-state index is -0.246. The second kappa shape index (κ2) is 10.9. The van der Waals surface area contributed by atoms with Gasteiger partial charge in [0.2, 0.25) is 0 Å². The third-order valence-electron chi connectivity index (χ3n) is 5.09. The Labute approximate surface area is 196 Å². The van der Waals surface area contributed by atoms with E-state index in [1.807, 2.05) is 66.7 Å². The van der Waals surface area contributed by atoms with Crippen LogP contribution in [0.1, 0.15) is 48.7 Å². The van der Waals surface area contributed by atoms with E-state index in [1.54, 1.807) is 0 Å². The molecule has 0 aliphatic rings. The Kier molecular flexibility index (Phi) is 8.01. The first-order chi connectivity index (χ1) is 15.3. The van der Waals surface area contributed by atoms with Crippen molar-refractivity contribution in [2.45, 2.75) is 39.0 Å². The number of amides is 1. The Morgan fingerprint density at radius 3 is 2.25 bits per heavy atom. The highest BCUT2D eigenvalue weighted by atomic mass is 32.1. The molecule has 0 aliphatic carbocycles. The number of thiocarbonyl (C=S) groups is 1. The summed E-state index contributed by atoms with van der Waals surface area (Å²) in [5.41, 5.74) is 3.79. The topological polar surface area (TPSA) is 50.4 Å². The number of para-hydroxylation sites is 2. The van der Waals surface area contributed by atoms with Gasteiger partial charge in [0.25, 0.3) is 5.91 Å². The van der Waals surface area contributed by atoms with Crippen LogP contribution >= 0.6 is 12.2 Å². The molecular weight excluding hydrogens is 416 g/mol. The average molecular weight is 447 g/mol. The Balaban J connectivity index is 1.53. The predicted molar refractivity (Wildman–Crippen MR) is 136 cm³/mol. The average Bonchev–Trinajstić information content (AvgIpc) is 2.78. The van der Waals surface area contributed by atoms with Gasteiger partial charge in [-0.25, -0.2) is 0 Å². The Hall–Kier alpha value is -3.18. The molecule has 5 heteroatoms. The molecule has 4 nitrogen and oxygen atoms in total. The van der Waals surface area contributed by atoms with Crippen molar-refractivity contribution >= 4 is 28.9 Å². The molecule has 0 heterocycles. The smallest absolute Gasteiger partial charge is 0.257 e. The largest absolute Gasteiger partial charge is 0.491 e. The molecule has 0 radical (unpaired) electrons. The summed E-state index contributed by atoms with van der Waals surface area (Å²) in [5.74, 6) is 0.455. The maximum Gasteiger partial charge on any atom is 0.257 e. The van der Waals surface area contributed by atoms with Crippen LogP contribution in [0, 0.1) is 0 Å². The van der Waals surface area contributed by atoms with Crippen molar-refractivity contribution in [2.24, 2.45) is 0 Å². The van der Waals surface area contributed by atoms with Crippen LogP contribution in [-0.4, -0.2) is 17.6 Å². The molecular formula is C27H30N2O2S. The summed E-state index contributed by atoms with van der Waals surface area (Å²) in [7, 11) is 0. The third-order valence-corrected chi connectivity index (χ3v) is 5.29. The van der Waals surface area contributed by atoms with Crippen molar-refractivity contribution in [3.8, 4) is 5.75 Å². The predicted octanol–water partition coefficient (Wildman–Crippen LogP) is 6.12. The SMILES string of the molecule is CC(C)(C)c1ccc(C(=O)NC(=S)Nc2ccccc2OCCCc2ccccc2)cc1. The van der Waals surface area contributed by atoms with Gasteiger partial charge >= 0.3 is 0 Å². The molecule has 0 bridgehead atoms. The van der Waals surface area contributed by atoms with Crippen LogP contribution in [0.4, 0.5) is 5.69 Å². The number of hydrogen-bond acceptors (Lipinski definition) is 3. The van der Waals surface area contributed by atoms with Gasteiger partial charge in [0.1, 0.15) is 5.75 Å². The Bertz CT molecular complexity index is 1040. The molecule has 1 amide bonds. The molecule has 0 atom stereocenters. The van der Waals surface area contributed by atoms with Crippen molar-refractivity contribution in [1.29, 1.82) is 0 Å². The lowest BCUT2D eigenvalue weighted by molar-refractivity contribution is 0.0977. The van der Waals surface area contributed by atoms with Gasteiger partial charge in [-0.2, -0.15) is 0 Å². The van der Waals surface area contributed by atoms with E-state index in [9.17, 15) is 4.79 Å². The summed E-state index contributed by atoms with van der Waals surface area (Å²) in [6.07, 6.45) is 1.86. The number of nitrogens with one attached hydrogen (secondary N) is 2. The summed E-state index contributed by atoms with van der Waals surface area (Å²) < 4.78 is 5.96. The second-order valence-corrected chi connectivity index (χ2v) is 9.08. The first-order valence-corrected chi connectivity index (χ1v) is 11.2. The van der Waals surface area contributed by atoms with Crippen LogP contribution < -0.4 is 15.4 Å². The molecule has 3 rings (SSSR count). The van der Waals surface area contributed by atoms with Gasteiger partial charge in [0.15, 0.2) is 5.11 Å². The van der Waals surface area contributed by atoms with E-state index in [2.05, 4.69) is 43.5 Å². The first kappa shape index (κ1) is 23.5. The molecule has 32 heavy (non-hydrogen) atoms. The minimum absolute atomic E-state index is 0.0384. The second-order valence-electron chi connectivity index (χ2n) is 8.67. The van der Waals surface area contributed by atoms with Crippen molar-refractivity contribution in [1.82, 2.24) is 5.32 Å². The lowest BCUT2D eigenvalue weighted by Gasteiger charge is -2.19. The van der Waals surface area contributed by atoms with E-state index in [0.717, 1.165) is 18.5 Å². The monoisotopic (exact) mass is 446 g/mol. The van der Waals surface area contributed by atoms with E-state index in [-0.39, 0.29) is 16.4 Å². The van der Waals surface area contributed by atoms with Crippen molar-refractivity contribution in [3.63, 3.8) is 0 Å². The van der Waals surface area contributed by atoms with E-state index < -0.39 is 0 Å². The molecule has 0 fully saturated rings. The molecule has 3 aromatic rings. The molecule has 0 unspecified atom stereocenters. The number of ether oxygens (including phenoxy) is 1. The summed E-state index contributed by atoms with van der Waals surface area (Å²) in [4.78, 5) is 12.6. The zero-order chi connectivity index (χ0) is 23.0. The van der Waals surface area contributed by atoms with E-state index in [4.69, 9.17) is 17.0 Å². The van der Waals surface area contributed by atoms with Gasteiger partial charge in [-0.05, 0) is 65.9 Å². The summed E-state index contributed by atoms with van der Waals surface area (Å²) in [6.45, 7) is 7.01. The fourth-order valence-corrected chi connectivity index (χ4v) is 3.45. The molecule has 0 saturated carbocycles. The van der Waals surface area contributed by atoms with Crippen LogP contribution in [0.15, 0.2) is 78.9 Å². The highest BCUT2D eigenvalue weighted by Crippen LogP contribution is 2.24. The van der Waals surface area contributed by atoms with Crippen LogP contribution in [-0.2, 0) is 11.8 Å². The van der Waals surface area contributed by atoms with E-state index >= 15 is 0 Å². The molecule has 0 aromatic heterocycles. The number of anilines is 1. The maximum absolute atomic E-state index is 12.6. The Morgan fingerprint density at radius 2 is 1.56 bits per heavy atom. The molecule has 166 valence electrons. The zero-order valence-electron chi connectivity index (χ0n) is 18.9. The molecule has 3 aromatic carbocycles. The lowest BCUT2D eigenvalue weighted by atomic mass is 9.87. The number of carbonyl (C=O) groups excluding carboxylic acids is 1. The van der Waals surface area contributed by atoms with E-state index in [1.165, 1.54) is 11.1 Å². The first-order valence-electron chi connectivity index (χ1n) is 10.8. The highest BCUT2D eigenvalue weighted by molar-refractivity contribution is 7.80. The molecule has 0 spiro atoms. The minimum Gasteiger partial charge on any atom is -0.491 e. The van der Waals surface area contributed by atoms with Crippen molar-refractivity contribution in [3.05, 3.63) is 95.6 Å². The van der Waals surface area contributed by atoms with Crippen molar-refractivity contribution < 1.29 is 9.53 Å². The fraction of sp³-hybridized carbons (Fsp3) is 0.259. The highest BCUT2D eigenvalue weighted by Gasteiger charge is 2.15. The van der Waals surface area contributed by atoms with Crippen LogP contribution in [0.2, 0.25) is 0 Å². The van der Waals surface area contributed by atoms with Gasteiger partial charge in [0, 0.05) is 5.56 Å². The number of hydrogen-bond donors (Lipinski definition) is 2. The zero-order valence-corrected chi connectivity index (χ0v) is 19.7. The van der Waals surface area contributed by atoms with Crippen LogP contribution in [0.3, 0.4) is 0 Å². The van der Waals surface area contributed by atoms with Gasteiger partial charge in [0.05, 0.1) is 12.3 Å². The normalized spacial score (nSPS) is 11.0. The summed E-state index contributed by atoms with van der Waals surface area (Å²) in [6, 6.07) is 25.5.